The zero-order valence-electron chi connectivity index (χ0n) is 14.9. The number of hydrogen-bond acceptors (Lipinski definition) is 2. The molecule has 0 spiro atoms. The number of hydrogen-bond donors (Lipinski definition) is 0. The fourth-order valence-electron chi connectivity index (χ4n) is 3.66. The third-order valence-corrected chi connectivity index (χ3v) is 6.27. The topological polar surface area (TPSA) is 9.23 Å². The molecular formula is C22H30OS. The molecule has 130 valence electrons. The molecule has 0 bridgehead atoms. The second kappa shape index (κ2) is 9.36. The van der Waals surface area contributed by atoms with Gasteiger partial charge in [0, 0.05) is 10.3 Å². The van der Waals surface area contributed by atoms with Crippen molar-refractivity contribution in [1.29, 1.82) is 0 Å². The lowest BCUT2D eigenvalue weighted by molar-refractivity contribution is 0.282. The van der Waals surface area contributed by atoms with Crippen molar-refractivity contribution >= 4 is 22.5 Å². The van der Waals surface area contributed by atoms with Crippen molar-refractivity contribution in [3.63, 3.8) is 0 Å². The molecule has 2 heteroatoms. The molecule has 1 nitrogen and oxygen atoms in total. The van der Waals surface area contributed by atoms with Crippen LogP contribution in [0, 0.1) is 5.92 Å². The predicted octanol–water partition coefficient (Wildman–Crippen LogP) is 7.08. The van der Waals surface area contributed by atoms with E-state index in [4.69, 9.17) is 4.74 Å². The van der Waals surface area contributed by atoms with Gasteiger partial charge in [0.05, 0.1) is 6.61 Å². The average Bonchev–Trinajstić information content (AvgIpc) is 3.13. The van der Waals surface area contributed by atoms with Crippen molar-refractivity contribution in [1.82, 2.24) is 0 Å². The smallest absolute Gasteiger partial charge is 0.127 e. The van der Waals surface area contributed by atoms with Crippen molar-refractivity contribution in [2.75, 3.05) is 12.4 Å². The van der Waals surface area contributed by atoms with Crippen LogP contribution in [-0.4, -0.2) is 12.4 Å². The largest absolute Gasteiger partial charge is 0.493 e. The SMILES string of the molecule is CCCCCSc1ccc(OCCC2CCCC2)c2ccccc12. The Kier molecular flexibility index (Phi) is 6.89. The van der Waals surface area contributed by atoms with Gasteiger partial charge >= 0.3 is 0 Å². The summed E-state index contributed by atoms with van der Waals surface area (Å²) in [6.07, 6.45) is 10.8. The standard InChI is InChI=1S/C22H30OS/c1-2-3-8-17-24-22-14-13-21(19-11-6-7-12-20(19)22)23-16-15-18-9-4-5-10-18/h6-7,11-14,18H,2-5,8-10,15-17H2,1H3. The molecular weight excluding hydrogens is 312 g/mol. The normalized spacial score (nSPS) is 15.2. The van der Waals surface area contributed by atoms with E-state index in [1.54, 1.807) is 0 Å². The summed E-state index contributed by atoms with van der Waals surface area (Å²) < 4.78 is 6.17. The molecule has 0 unspecified atom stereocenters. The van der Waals surface area contributed by atoms with Gasteiger partial charge < -0.3 is 4.74 Å². The minimum absolute atomic E-state index is 0.859. The number of thioether (sulfide) groups is 1. The molecule has 24 heavy (non-hydrogen) atoms. The highest BCUT2D eigenvalue weighted by molar-refractivity contribution is 7.99. The summed E-state index contributed by atoms with van der Waals surface area (Å²) in [6, 6.07) is 13.1. The first-order valence-electron chi connectivity index (χ1n) is 9.66. The first kappa shape index (κ1) is 17.7. The average molecular weight is 343 g/mol. The Morgan fingerprint density at radius 1 is 1.00 bits per heavy atom. The Labute approximate surface area is 151 Å². The van der Waals surface area contributed by atoms with Gasteiger partial charge in [-0.05, 0) is 42.0 Å². The van der Waals surface area contributed by atoms with Gasteiger partial charge in [-0.3, -0.25) is 0 Å². The molecule has 0 N–H and O–H groups in total. The minimum atomic E-state index is 0.859. The van der Waals surface area contributed by atoms with Crippen LogP contribution in [-0.2, 0) is 0 Å². The van der Waals surface area contributed by atoms with E-state index in [9.17, 15) is 0 Å². The molecule has 0 aliphatic heterocycles. The first-order valence-corrected chi connectivity index (χ1v) is 10.6. The highest BCUT2D eigenvalue weighted by Crippen LogP contribution is 2.35. The highest BCUT2D eigenvalue weighted by Gasteiger charge is 2.15. The maximum atomic E-state index is 6.17. The number of benzene rings is 2. The fraction of sp³-hybridized carbons (Fsp3) is 0.545. The Hall–Kier alpha value is -1.15. The molecule has 1 aliphatic rings. The van der Waals surface area contributed by atoms with Crippen LogP contribution in [0.15, 0.2) is 41.3 Å². The third-order valence-electron chi connectivity index (χ3n) is 5.11. The quantitative estimate of drug-likeness (QED) is 0.355. The molecule has 0 heterocycles. The zero-order valence-corrected chi connectivity index (χ0v) is 15.7. The van der Waals surface area contributed by atoms with Crippen LogP contribution in [0.3, 0.4) is 0 Å². The number of rotatable bonds is 9. The molecule has 0 atom stereocenters. The summed E-state index contributed by atoms with van der Waals surface area (Å²) in [6.45, 7) is 3.12. The summed E-state index contributed by atoms with van der Waals surface area (Å²) in [4.78, 5) is 1.39. The van der Waals surface area contributed by atoms with E-state index in [-0.39, 0.29) is 0 Å². The van der Waals surface area contributed by atoms with E-state index < -0.39 is 0 Å². The molecule has 1 aliphatic carbocycles. The van der Waals surface area contributed by atoms with E-state index in [2.05, 4.69) is 43.3 Å². The number of fused-ring (bicyclic) bond motifs is 1. The second-order valence-electron chi connectivity index (χ2n) is 6.95. The van der Waals surface area contributed by atoms with Gasteiger partial charge in [-0.15, -0.1) is 11.8 Å². The summed E-state index contributed by atoms with van der Waals surface area (Å²) in [5.41, 5.74) is 0. The van der Waals surface area contributed by atoms with Gasteiger partial charge in [0.15, 0.2) is 0 Å². The second-order valence-corrected chi connectivity index (χ2v) is 8.09. The van der Waals surface area contributed by atoms with Gasteiger partial charge in [0.2, 0.25) is 0 Å². The van der Waals surface area contributed by atoms with Crippen LogP contribution in [0.2, 0.25) is 0 Å². The van der Waals surface area contributed by atoms with Crippen molar-refractivity contribution in [3.8, 4) is 5.75 Å². The number of unbranched alkanes of at least 4 members (excludes halogenated alkanes) is 2. The first-order chi connectivity index (χ1) is 11.9. The molecule has 1 saturated carbocycles. The molecule has 0 radical (unpaired) electrons. The van der Waals surface area contributed by atoms with Gasteiger partial charge in [-0.2, -0.15) is 0 Å². The lowest BCUT2D eigenvalue weighted by Crippen LogP contribution is -2.04. The molecule has 0 aromatic heterocycles. The van der Waals surface area contributed by atoms with Crippen LogP contribution in [0.1, 0.15) is 58.3 Å². The lowest BCUT2D eigenvalue weighted by Gasteiger charge is -2.14. The highest BCUT2D eigenvalue weighted by atomic mass is 32.2. The summed E-state index contributed by atoms with van der Waals surface area (Å²) in [7, 11) is 0. The molecule has 2 aromatic carbocycles. The van der Waals surface area contributed by atoms with Crippen molar-refractivity contribution in [2.24, 2.45) is 5.92 Å². The Balaban J connectivity index is 1.65. The maximum Gasteiger partial charge on any atom is 0.127 e. The van der Waals surface area contributed by atoms with Crippen molar-refractivity contribution in [2.45, 2.75) is 63.2 Å². The van der Waals surface area contributed by atoms with E-state index in [0.717, 1.165) is 18.3 Å². The maximum absolute atomic E-state index is 6.17. The lowest BCUT2D eigenvalue weighted by atomic mass is 10.1. The summed E-state index contributed by atoms with van der Waals surface area (Å²) in [5, 5.41) is 2.61. The van der Waals surface area contributed by atoms with Crippen LogP contribution in [0.4, 0.5) is 0 Å². The Bertz CT molecular complexity index is 631. The Morgan fingerprint density at radius 2 is 1.79 bits per heavy atom. The molecule has 2 aromatic rings. The van der Waals surface area contributed by atoms with Crippen molar-refractivity contribution in [3.05, 3.63) is 36.4 Å². The van der Waals surface area contributed by atoms with E-state index in [0.29, 0.717) is 0 Å². The van der Waals surface area contributed by atoms with Crippen molar-refractivity contribution < 1.29 is 4.74 Å². The Morgan fingerprint density at radius 3 is 2.58 bits per heavy atom. The molecule has 0 saturated heterocycles. The summed E-state index contributed by atoms with van der Waals surface area (Å²) >= 11 is 1.99. The summed E-state index contributed by atoms with van der Waals surface area (Å²) in [5.74, 6) is 3.16. The van der Waals surface area contributed by atoms with Gasteiger partial charge in [-0.1, -0.05) is 69.7 Å². The molecule has 0 amide bonds. The van der Waals surface area contributed by atoms with Gasteiger partial charge in [0.1, 0.15) is 5.75 Å². The van der Waals surface area contributed by atoms with Crippen LogP contribution in [0.25, 0.3) is 10.8 Å². The molecule has 1 fully saturated rings. The minimum Gasteiger partial charge on any atom is -0.493 e. The van der Waals surface area contributed by atoms with Crippen LogP contribution < -0.4 is 4.74 Å². The zero-order chi connectivity index (χ0) is 16.6. The monoisotopic (exact) mass is 342 g/mol. The third kappa shape index (κ3) is 4.69. The van der Waals surface area contributed by atoms with E-state index >= 15 is 0 Å². The van der Waals surface area contributed by atoms with E-state index in [1.165, 1.54) is 72.8 Å². The van der Waals surface area contributed by atoms with Gasteiger partial charge in [0.25, 0.3) is 0 Å². The van der Waals surface area contributed by atoms with Crippen LogP contribution >= 0.6 is 11.8 Å². The molecule has 3 rings (SSSR count). The fourth-order valence-corrected chi connectivity index (χ4v) is 4.73. The predicted molar refractivity (Wildman–Crippen MR) is 106 cm³/mol. The van der Waals surface area contributed by atoms with Crippen LogP contribution in [0.5, 0.6) is 5.75 Å². The number of ether oxygens (including phenoxy) is 1. The van der Waals surface area contributed by atoms with Gasteiger partial charge in [-0.25, -0.2) is 0 Å². The van der Waals surface area contributed by atoms with E-state index in [1.807, 2.05) is 11.8 Å².